The number of hydrogen-bond donors (Lipinski definition) is 0. The normalized spacial score (nSPS) is 17.6. The molecule has 1 saturated carbocycles. The summed E-state index contributed by atoms with van der Waals surface area (Å²) >= 11 is 0. The van der Waals surface area contributed by atoms with Crippen molar-refractivity contribution >= 4 is 5.97 Å². The highest BCUT2D eigenvalue weighted by atomic mass is 16.5. The fraction of sp³-hybridized carbons (Fsp3) is 0.636. The van der Waals surface area contributed by atoms with Crippen LogP contribution in [0.25, 0.3) is 0 Å². The van der Waals surface area contributed by atoms with E-state index in [0.29, 0.717) is 12.5 Å². The molecule has 82 valence electrons. The Labute approximate surface area is 88.6 Å². The Morgan fingerprint density at radius 3 is 2.93 bits per heavy atom. The van der Waals surface area contributed by atoms with Gasteiger partial charge in [-0.25, -0.2) is 9.78 Å². The maximum absolute atomic E-state index is 11.4. The minimum atomic E-state index is -0.380. The van der Waals surface area contributed by atoms with Crippen LogP contribution >= 0.6 is 0 Å². The molecule has 1 aromatic heterocycles. The second kappa shape index (κ2) is 4.96. The summed E-state index contributed by atoms with van der Waals surface area (Å²) in [6, 6.07) is 0. The number of esters is 1. The van der Waals surface area contributed by atoms with Crippen LogP contribution in [0.3, 0.4) is 0 Å². The standard InChI is InChI=1S/C11H15NO3/c13-11(10-7-14-8-12-10)15-6-9-4-2-1-3-5-9/h7-9H,1-6H2. The van der Waals surface area contributed by atoms with Crippen molar-refractivity contribution in [2.24, 2.45) is 5.92 Å². The fourth-order valence-corrected chi connectivity index (χ4v) is 1.93. The number of nitrogens with zero attached hydrogens (tertiary/aromatic N) is 1. The molecule has 1 aliphatic carbocycles. The topological polar surface area (TPSA) is 52.3 Å². The highest BCUT2D eigenvalue weighted by Crippen LogP contribution is 2.23. The van der Waals surface area contributed by atoms with Gasteiger partial charge in [0.05, 0.1) is 6.61 Å². The Bertz CT molecular complexity index is 302. The van der Waals surface area contributed by atoms with E-state index in [1.54, 1.807) is 0 Å². The lowest BCUT2D eigenvalue weighted by Crippen LogP contribution is -2.16. The second-order valence-corrected chi connectivity index (χ2v) is 3.98. The molecule has 2 rings (SSSR count). The summed E-state index contributed by atoms with van der Waals surface area (Å²) in [5.74, 6) is 0.156. The Hall–Kier alpha value is -1.32. The summed E-state index contributed by atoms with van der Waals surface area (Å²) in [6.07, 6.45) is 8.71. The summed E-state index contributed by atoms with van der Waals surface area (Å²) in [5, 5.41) is 0. The number of oxazole rings is 1. The lowest BCUT2D eigenvalue weighted by molar-refractivity contribution is 0.0403. The second-order valence-electron chi connectivity index (χ2n) is 3.98. The van der Waals surface area contributed by atoms with Gasteiger partial charge in [0.1, 0.15) is 6.26 Å². The van der Waals surface area contributed by atoms with Crippen molar-refractivity contribution < 1.29 is 13.9 Å². The van der Waals surface area contributed by atoms with E-state index in [0.717, 1.165) is 0 Å². The SMILES string of the molecule is O=C(OCC1CCCCC1)c1cocn1. The van der Waals surface area contributed by atoms with Crippen LogP contribution in [0.2, 0.25) is 0 Å². The molecule has 1 heterocycles. The molecule has 1 aromatic rings. The molecule has 4 heteroatoms. The van der Waals surface area contributed by atoms with Crippen molar-refractivity contribution in [2.75, 3.05) is 6.61 Å². The molecule has 0 N–H and O–H groups in total. The van der Waals surface area contributed by atoms with Crippen LogP contribution in [-0.4, -0.2) is 17.6 Å². The molecule has 0 atom stereocenters. The number of carbonyl (C=O) groups excluding carboxylic acids is 1. The first-order valence-electron chi connectivity index (χ1n) is 5.41. The van der Waals surface area contributed by atoms with Crippen LogP contribution in [-0.2, 0) is 4.74 Å². The third-order valence-corrected chi connectivity index (χ3v) is 2.82. The van der Waals surface area contributed by atoms with Gasteiger partial charge in [-0.2, -0.15) is 0 Å². The first-order valence-corrected chi connectivity index (χ1v) is 5.41. The van der Waals surface area contributed by atoms with Crippen LogP contribution in [0.15, 0.2) is 17.1 Å². The van der Waals surface area contributed by atoms with Crippen LogP contribution in [0.4, 0.5) is 0 Å². The predicted octanol–water partition coefficient (Wildman–Crippen LogP) is 2.41. The van der Waals surface area contributed by atoms with Gasteiger partial charge in [0, 0.05) is 0 Å². The van der Waals surface area contributed by atoms with Gasteiger partial charge in [-0.15, -0.1) is 0 Å². The van der Waals surface area contributed by atoms with Gasteiger partial charge >= 0.3 is 5.97 Å². The number of aromatic nitrogens is 1. The van der Waals surface area contributed by atoms with Gasteiger partial charge in [-0.3, -0.25) is 0 Å². The summed E-state index contributed by atoms with van der Waals surface area (Å²) in [4.78, 5) is 15.1. The monoisotopic (exact) mass is 209 g/mol. The molecule has 0 saturated heterocycles. The van der Waals surface area contributed by atoms with E-state index in [4.69, 9.17) is 9.15 Å². The quantitative estimate of drug-likeness (QED) is 0.717. The molecule has 4 nitrogen and oxygen atoms in total. The highest BCUT2D eigenvalue weighted by Gasteiger charge is 2.17. The number of carbonyl (C=O) groups is 1. The van der Waals surface area contributed by atoms with E-state index in [2.05, 4.69) is 4.98 Å². The van der Waals surface area contributed by atoms with Gasteiger partial charge in [0.15, 0.2) is 12.1 Å². The molecule has 0 amide bonds. The van der Waals surface area contributed by atoms with Gasteiger partial charge in [-0.1, -0.05) is 19.3 Å². The van der Waals surface area contributed by atoms with Gasteiger partial charge in [0.25, 0.3) is 0 Å². The van der Waals surface area contributed by atoms with Gasteiger partial charge in [0.2, 0.25) is 0 Å². The molecular weight excluding hydrogens is 194 g/mol. The number of hydrogen-bond acceptors (Lipinski definition) is 4. The minimum absolute atomic E-state index is 0.255. The van der Waals surface area contributed by atoms with Crippen LogP contribution in [0, 0.1) is 5.92 Å². The zero-order valence-electron chi connectivity index (χ0n) is 8.65. The molecule has 0 radical (unpaired) electrons. The zero-order chi connectivity index (χ0) is 10.5. The van der Waals surface area contributed by atoms with Crippen LogP contribution < -0.4 is 0 Å². The number of ether oxygens (including phenoxy) is 1. The summed E-state index contributed by atoms with van der Waals surface area (Å²) in [5.41, 5.74) is 0.255. The van der Waals surface area contributed by atoms with Crippen molar-refractivity contribution in [3.63, 3.8) is 0 Å². The molecule has 1 aliphatic rings. The summed E-state index contributed by atoms with van der Waals surface area (Å²) in [6.45, 7) is 0.520. The predicted molar refractivity (Wildman–Crippen MR) is 53.4 cm³/mol. The minimum Gasteiger partial charge on any atom is -0.461 e. The third kappa shape index (κ3) is 2.81. The zero-order valence-corrected chi connectivity index (χ0v) is 8.65. The highest BCUT2D eigenvalue weighted by molar-refractivity contribution is 5.86. The van der Waals surface area contributed by atoms with E-state index in [9.17, 15) is 4.79 Å². The Morgan fingerprint density at radius 2 is 2.27 bits per heavy atom. The molecule has 15 heavy (non-hydrogen) atoms. The van der Waals surface area contributed by atoms with Crippen molar-refractivity contribution in [1.29, 1.82) is 0 Å². The van der Waals surface area contributed by atoms with Crippen LogP contribution in [0.1, 0.15) is 42.6 Å². The first-order chi connectivity index (χ1) is 7.36. The molecule has 0 unspecified atom stereocenters. The van der Waals surface area contributed by atoms with Crippen molar-refractivity contribution in [3.8, 4) is 0 Å². The van der Waals surface area contributed by atoms with Crippen molar-refractivity contribution in [1.82, 2.24) is 4.98 Å². The largest absolute Gasteiger partial charge is 0.461 e. The smallest absolute Gasteiger partial charge is 0.360 e. The van der Waals surface area contributed by atoms with E-state index in [-0.39, 0.29) is 11.7 Å². The van der Waals surface area contributed by atoms with E-state index < -0.39 is 0 Å². The Morgan fingerprint density at radius 1 is 1.47 bits per heavy atom. The third-order valence-electron chi connectivity index (χ3n) is 2.82. The van der Waals surface area contributed by atoms with E-state index in [1.807, 2.05) is 0 Å². The molecule has 0 bridgehead atoms. The van der Waals surface area contributed by atoms with Crippen molar-refractivity contribution in [2.45, 2.75) is 32.1 Å². The average Bonchev–Trinajstić information content (AvgIpc) is 2.81. The van der Waals surface area contributed by atoms with E-state index >= 15 is 0 Å². The Balaban J connectivity index is 1.75. The maximum atomic E-state index is 11.4. The van der Waals surface area contributed by atoms with Gasteiger partial charge in [-0.05, 0) is 18.8 Å². The molecule has 0 aliphatic heterocycles. The van der Waals surface area contributed by atoms with Crippen molar-refractivity contribution in [3.05, 3.63) is 18.4 Å². The number of rotatable bonds is 3. The van der Waals surface area contributed by atoms with Gasteiger partial charge < -0.3 is 9.15 Å². The maximum Gasteiger partial charge on any atom is 0.360 e. The molecular formula is C11H15NO3. The summed E-state index contributed by atoms with van der Waals surface area (Å²) < 4.78 is 9.88. The van der Waals surface area contributed by atoms with Crippen LogP contribution in [0.5, 0.6) is 0 Å². The summed E-state index contributed by atoms with van der Waals surface area (Å²) in [7, 11) is 0. The average molecular weight is 209 g/mol. The fourth-order valence-electron chi connectivity index (χ4n) is 1.93. The lowest BCUT2D eigenvalue weighted by Gasteiger charge is -2.20. The first kappa shape index (κ1) is 10.2. The van der Waals surface area contributed by atoms with E-state index in [1.165, 1.54) is 44.8 Å². The lowest BCUT2D eigenvalue weighted by atomic mass is 9.90. The molecule has 0 aromatic carbocycles. The molecule has 0 spiro atoms. The Kier molecular flexibility index (Phi) is 3.37. The molecule has 1 fully saturated rings.